The summed E-state index contributed by atoms with van der Waals surface area (Å²) >= 11 is 0. The third-order valence-electron chi connectivity index (χ3n) is 4.88. The average molecular weight is 333 g/mol. The van der Waals surface area contributed by atoms with E-state index in [2.05, 4.69) is 51.6 Å². The Morgan fingerprint density at radius 2 is 2.00 bits per heavy atom. The second-order valence-electron chi connectivity index (χ2n) is 6.71. The summed E-state index contributed by atoms with van der Waals surface area (Å²) in [6.07, 6.45) is 8.09. The maximum atomic E-state index is 4.54. The summed E-state index contributed by atoms with van der Waals surface area (Å²) in [7, 11) is 1.93. The minimum absolute atomic E-state index is 0.514. The molecule has 0 radical (unpaired) electrons. The Labute approximate surface area is 147 Å². The zero-order chi connectivity index (χ0) is 17.2. The molecule has 25 heavy (non-hydrogen) atoms. The molecule has 4 rings (SSSR count). The normalized spacial score (nSPS) is 15.4. The number of benzene rings is 1. The van der Waals surface area contributed by atoms with Crippen molar-refractivity contribution < 1.29 is 0 Å². The molecule has 0 saturated carbocycles. The molecule has 5 heteroatoms. The lowest BCUT2D eigenvalue weighted by molar-refractivity contribution is 0.422. The monoisotopic (exact) mass is 333 g/mol. The van der Waals surface area contributed by atoms with E-state index in [0.717, 1.165) is 59.3 Å². The van der Waals surface area contributed by atoms with Crippen molar-refractivity contribution >= 4 is 16.6 Å². The van der Waals surface area contributed by atoms with E-state index in [4.69, 9.17) is 0 Å². The van der Waals surface area contributed by atoms with E-state index in [9.17, 15) is 0 Å². The number of aromatic nitrogens is 3. The molecule has 5 nitrogen and oxygen atoms in total. The Hall–Kier alpha value is -2.66. The van der Waals surface area contributed by atoms with Crippen molar-refractivity contribution in [2.45, 2.75) is 12.8 Å². The second kappa shape index (κ2) is 6.69. The molecule has 0 amide bonds. The maximum absolute atomic E-state index is 4.54. The fraction of sp³-hybridized carbons (Fsp3) is 0.300. The highest BCUT2D eigenvalue weighted by Crippen LogP contribution is 2.27. The van der Waals surface area contributed by atoms with Crippen molar-refractivity contribution in [3.05, 3.63) is 55.1 Å². The molecular formula is C20H23N5. The highest BCUT2D eigenvalue weighted by atomic mass is 15.2. The van der Waals surface area contributed by atoms with E-state index in [0.29, 0.717) is 5.92 Å². The van der Waals surface area contributed by atoms with Crippen molar-refractivity contribution in [3.63, 3.8) is 0 Å². The lowest BCUT2D eigenvalue weighted by Crippen LogP contribution is -2.30. The van der Waals surface area contributed by atoms with Crippen LogP contribution in [0.4, 0.5) is 5.82 Å². The first-order valence-electron chi connectivity index (χ1n) is 8.74. The van der Waals surface area contributed by atoms with Gasteiger partial charge in [-0.25, -0.2) is 4.98 Å². The van der Waals surface area contributed by atoms with E-state index >= 15 is 0 Å². The van der Waals surface area contributed by atoms with Gasteiger partial charge < -0.3 is 10.6 Å². The Morgan fingerprint density at radius 1 is 1.16 bits per heavy atom. The van der Waals surface area contributed by atoms with Gasteiger partial charge in [0, 0.05) is 42.0 Å². The van der Waals surface area contributed by atoms with Crippen LogP contribution in [-0.2, 0) is 7.05 Å². The van der Waals surface area contributed by atoms with Crippen LogP contribution in [0.25, 0.3) is 21.9 Å². The van der Waals surface area contributed by atoms with Gasteiger partial charge in [0.15, 0.2) is 0 Å². The van der Waals surface area contributed by atoms with Crippen molar-refractivity contribution in [2.24, 2.45) is 13.0 Å². The minimum atomic E-state index is 0.514. The van der Waals surface area contributed by atoms with Gasteiger partial charge in [0.25, 0.3) is 0 Å². The molecule has 3 aromatic rings. The molecule has 128 valence electrons. The van der Waals surface area contributed by atoms with Crippen LogP contribution in [0.3, 0.4) is 0 Å². The highest BCUT2D eigenvalue weighted by molar-refractivity contribution is 5.88. The van der Waals surface area contributed by atoms with Crippen LogP contribution in [0, 0.1) is 5.92 Å². The zero-order valence-electron chi connectivity index (χ0n) is 14.5. The molecule has 2 aromatic heterocycles. The topological polar surface area (TPSA) is 54.8 Å². The Bertz CT molecular complexity index is 905. The Balaban J connectivity index is 1.59. The number of allylic oxidation sites excluding steroid dienone is 1. The standard InChI is InChI=1S/C20H23N5/c1-14(15-5-7-21-8-6-15)24-20-10-18-9-16(3-4-17(18)11-22-20)19-12-23-25(2)13-19/h3-4,9-13,15,21H,1,5-8H2,2H3,(H,22,24). The Kier molecular flexibility index (Phi) is 4.24. The third kappa shape index (κ3) is 3.42. The number of nitrogens with zero attached hydrogens (tertiary/aromatic N) is 3. The third-order valence-corrected chi connectivity index (χ3v) is 4.88. The van der Waals surface area contributed by atoms with Gasteiger partial charge in [0.2, 0.25) is 0 Å². The largest absolute Gasteiger partial charge is 0.344 e. The number of aryl methyl sites for hydroxylation is 1. The number of rotatable bonds is 4. The Morgan fingerprint density at radius 3 is 2.76 bits per heavy atom. The summed E-state index contributed by atoms with van der Waals surface area (Å²) < 4.78 is 1.82. The summed E-state index contributed by atoms with van der Waals surface area (Å²) in [6.45, 7) is 6.35. The van der Waals surface area contributed by atoms with E-state index in [1.54, 1.807) is 0 Å². The van der Waals surface area contributed by atoms with Gasteiger partial charge in [-0.15, -0.1) is 0 Å². The van der Waals surface area contributed by atoms with Crippen LogP contribution >= 0.6 is 0 Å². The molecule has 3 heterocycles. The molecule has 1 saturated heterocycles. The lowest BCUT2D eigenvalue weighted by atomic mass is 9.95. The first kappa shape index (κ1) is 15.8. The number of nitrogens with one attached hydrogen (secondary N) is 2. The zero-order valence-corrected chi connectivity index (χ0v) is 14.5. The van der Waals surface area contributed by atoms with Crippen molar-refractivity contribution in [2.75, 3.05) is 18.4 Å². The second-order valence-corrected chi connectivity index (χ2v) is 6.71. The van der Waals surface area contributed by atoms with Crippen molar-refractivity contribution in [3.8, 4) is 11.1 Å². The number of hydrogen-bond acceptors (Lipinski definition) is 4. The minimum Gasteiger partial charge on any atom is -0.344 e. The van der Waals surface area contributed by atoms with E-state index in [1.807, 2.05) is 30.3 Å². The molecule has 1 aromatic carbocycles. The quantitative estimate of drug-likeness (QED) is 0.766. The maximum Gasteiger partial charge on any atom is 0.130 e. The first-order chi connectivity index (χ1) is 12.2. The molecular weight excluding hydrogens is 310 g/mol. The van der Waals surface area contributed by atoms with Crippen molar-refractivity contribution in [1.82, 2.24) is 20.1 Å². The van der Waals surface area contributed by atoms with Gasteiger partial charge in [-0.1, -0.05) is 18.7 Å². The summed E-state index contributed by atoms with van der Waals surface area (Å²) in [5.41, 5.74) is 3.35. The number of hydrogen-bond donors (Lipinski definition) is 2. The number of pyridine rings is 1. The summed E-state index contributed by atoms with van der Waals surface area (Å²) in [4.78, 5) is 4.54. The molecule has 0 aliphatic carbocycles. The molecule has 2 N–H and O–H groups in total. The molecule has 1 aliphatic rings. The van der Waals surface area contributed by atoms with Gasteiger partial charge >= 0.3 is 0 Å². The van der Waals surface area contributed by atoms with Gasteiger partial charge in [-0.3, -0.25) is 4.68 Å². The number of fused-ring (bicyclic) bond motifs is 1. The fourth-order valence-corrected chi connectivity index (χ4v) is 3.40. The van der Waals surface area contributed by atoms with Gasteiger partial charge in [0.1, 0.15) is 5.82 Å². The van der Waals surface area contributed by atoms with Crippen LogP contribution < -0.4 is 10.6 Å². The molecule has 0 spiro atoms. The summed E-state index contributed by atoms with van der Waals surface area (Å²) in [5, 5.41) is 13.4. The van der Waals surface area contributed by atoms with Crippen LogP contribution in [0.2, 0.25) is 0 Å². The summed E-state index contributed by atoms with van der Waals surface area (Å²) in [6, 6.07) is 8.51. The van der Waals surface area contributed by atoms with E-state index < -0.39 is 0 Å². The van der Waals surface area contributed by atoms with Gasteiger partial charge in [-0.2, -0.15) is 5.10 Å². The van der Waals surface area contributed by atoms with Crippen LogP contribution in [0.1, 0.15) is 12.8 Å². The molecule has 1 aliphatic heterocycles. The molecule has 1 fully saturated rings. The van der Waals surface area contributed by atoms with Gasteiger partial charge in [-0.05, 0) is 49.0 Å². The molecule has 0 atom stereocenters. The van der Waals surface area contributed by atoms with Crippen molar-refractivity contribution in [1.29, 1.82) is 0 Å². The van der Waals surface area contributed by atoms with Crippen LogP contribution in [-0.4, -0.2) is 27.9 Å². The van der Waals surface area contributed by atoms with Crippen LogP contribution in [0.5, 0.6) is 0 Å². The number of piperidine rings is 1. The predicted molar refractivity (Wildman–Crippen MR) is 102 cm³/mol. The molecule has 0 unspecified atom stereocenters. The highest BCUT2D eigenvalue weighted by Gasteiger charge is 2.16. The SMILES string of the molecule is C=C(Nc1cc2cc(-c3cnn(C)c3)ccc2cn1)C1CCNCC1. The smallest absolute Gasteiger partial charge is 0.130 e. The van der Waals surface area contributed by atoms with E-state index in [-0.39, 0.29) is 0 Å². The average Bonchev–Trinajstić information content (AvgIpc) is 3.08. The van der Waals surface area contributed by atoms with E-state index in [1.165, 1.54) is 0 Å². The van der Waals surface area contributed by atoms with Gasteiger partial charge in [0.05, 0.1) is 6.20 Å². The predicted octanol–water partition coefficient (Wildman–Crippen LogP) is 3.56. The first-order valence-corrected chi connectivity index (χ1v) is 8.74. The fourth-order valence-electron chi connectivity index (χ4n) is 3.40. The number of anilines is 1. The van der Waals surface area contributed by atoms with Crippen LogP contribution in [0.15, 0.2) is 55.1 Å². The lowest BCUT2D eigenvalue weighted by Gasteiger charge is -2.25. The summed E-state index contributed by atoms with van der Waals surface area (Å²) in [5.74, 6) is 1.37. The molecule has 0 bridgehead atoms.